The number of amides is 1. The average molecular weight is 413 g/mol. The molecule has 6 nitrogen and oxygen atoms in total. The Kier molecular flexibility index (Phi) is 7.24. The van der Waals surface area contributed by atoms with Crippen LogP contribution in [0.4, 0.5) is 0 Å². The zero-order valence-electron chi connectivity index (χ0n) is 17.3. The van der Waals surface area contributed by atoms with Crippen LogP contribution in [0.15, 0.2) is 29.6 Å². The SMILES string of the molecule is CCOc1ccccc1-c1nc(CC(=O)N2CCN(C(C#N)C(C)C)CC2)cs1. The van der Waals surface area contributed by atoms with Crippen molar-refractivity contribution in [1.29, 1.82) is 5.26 Å². The van der Waals surface area contributed by atoms with Gasteiger partial charge in [0.2, 0.25) is 5.91 Å². The minimum absolute atomic E-state index is 0.0845. The van der Waals surface area contributed by atoms with Gasteiger partial charge in [-0.2, -0.15) is 5.26 Å². The topological polar surface area (TPSA) is 69.5 Å². The summed E-state index contributed by atoms with van der Waals surface area (Å²) in [6, 6.07) is 10.2. The van der Waals surface area contributed by atoms with Gasteiger partial charge in [-0.25, -0.2) is 4.98 Å². The lowest BCUT2D eigenvalue weighted by atomic mass is 10.0. The third-order valence-electron chi connectivity index (χ3n) is 5.13. The van der Waals surface area contributed by atoms with Crippen LogP contribution in [-0.4, -0.2) is 59.5 Å². The maximum atomic E-state index is 12.7. The molecule has 29 heavy (non-hydrogen) atoms. The fourth-order valence-corrected chi connectivity index (χ4v) is 4.45. The standard InChI is InChI=1S/C22H28N4O2S/c1-4-28-20-8-6-5-7-18(20)22-24-17(15-29-22)13-21(27)26-11-9-25(10-12-26)19(14-23)16(2)3/h5-8,15-16,19H,4,9-13H2,1-3H3. The predicted octanol–water partition coefficient (Wildman–Crippen LogP) is 3.44. The number of hydrogen-bond acceptors (Lipinski definition) is 6. The molecule has 2 aromatic rings. The second kappa shape index (κ2) is 9.86. The highest BCUT2D eigenvalue weighted by atomic mass is 32.1. The molecule has 3 rings (SSSR count). The van der Waals surface area contributed by atoms with Gasteiger partial charge in [0.15, 0.2) is 0 Å². The van der Waals surface area contributed by atoms with E-state index < -0.39 is 0 Å². The first-order valence-corrected chi connectivity index (χ1v) is 11.0. The molecule has 2 heterocycles. The van der Waals surface area contributed by atoms with Crippen molar-refractivity contribution in [1.82, 2.24) is 14.8 Å². The van der Waals surface area contributed by atoms with Gasteiger partial charge in [-0.15, -0.1) is 11.3 Å². The van der Waals surface area contributed by atoms with Gasteiger partial charge in [0.05, 0.1) is 30.4 Å². The number of aromatic nitrogens is 1. The first-order valence-electron chi connectivity index (χ1n) is 10.1. The van der Waals surface area contributed by atoms with Gasteiger partial charge in [-0.05, 0) is 25.0 Å². The minimum Gasteiger partial charge on any atom is -0.493 e. The Bertz CT molecular complexity index is 866. The van der Waals surface area contributed by atoms with Gasteiger partial charge < -0.3 is 9.64 Å². The summed E-state index contributed by atoms with van der Waals surface area (Å²) in [6.45, 7) is 9.50. The van der Waals surface area contributed by atoms with Gasteiger partial charge in [-0.1, -0.05) is 26.0 Å². The van der Waals surface area contributed by atoms with Crippen molar-refractivity contribution in [3.63, 3.8) is 0 Å². The van der Waals surface area contributed by atoms with Crippen LogP contribution in [0.1, 0.15) is 26.5 Å². The van der Waals surface area contributed by atoms with Crippen molar-refractivity contribution in [2.75, 3.05) is 32.8 Å². The van der Waals surface area contributed by atoms with Crippen molar-refractivity contribution < 1.29 is 9.53 Å². The molecule has 1 aromatic heterocycles. The van der Waals surface area contributed by atoms with E-state index >= 15 is 0 Å². The molecule has 1 aromatic carbocycles. The summed E-state index contributed by atoms with van der Waals surface area (Å²) in [4.78, 5) is 21.5. The molecule has 1 amide bonds. The highest BCUT2D eigenvalue weighted by Crippen LogP contribution is 2.32. The molecule has 0 saturated carbocycles. The van der Waals surface area contributed by atoms with Crippen molar-refractivity contribution in [2.24, 2.45) is 5.92 Å². The van der Waals surface area contributed by atoms with Crippen LogP contribution in [0.25, 0.3) is 10.6 Å². The van der Waals surface area contributed by atoms with E-state index in [0.717, 1.165) is 35.1 Å². The Hall–Kier alpha value is -2.43. The largest absolute Gasteiger partial charge is 0.493 e. The maximum Gasteiger partial charge on any atom is 0.228 e. The molecule has 7 heteroatoms. The molecular formula is C22H28N4O2S. The fraction of sp³-hybridized carbons (Fsp3) is 0.500. The summed E-state index contributed by atoms with van der Waals surface area (Å²) in [5.41, 5.74) is 1.75. The van der Waals surface area contributed by atoms with Crippen molar-refractivity contribution in [3.05, 3.63) is 35.3 Å². The molecule has 0 spiro atoms. The van der Waals surface area contributed by atoms with Crippen molar-refractivity contribution in [3.8, 4) is 22.4 Å². The molecule has 0 bridgehead atoms. The number of carbonyl (C=O) groups is 1. The zero-order valence-corrected chi connectivity index (χ0v) is 18.1. The summed E-state index contributed by atoms with van der Waals surface area (Å²) in [6.07, 6.45) is 0.305. The van der Waals surface area contributed by atoms with Crippen LogP contribution in [0.3, 0.4) is 0 Å². The van der Waals surface area contributed by atoms with E-state index in [0.29, 0.717) is 26.1 Å². The molecule has 0 N–H and O–H groups in total. The van der Waals surface area contributed by atoms with Gasteiger partial charge in [0.25, 0.3) is 0 Å². The zero-order chi connectivity index (χ0) is 20.8. The molecule has 0 radical (unpaired) electrons. The third kappa shape index (κ3) is 5.14. The van der Waals surface area contributed by atoms with E-state index in [1.165, 1.54) is 11.3 Å². The summed E-state index contributed by atoms with van der Waals surface area (Å²) in [7, 11) is 0. The van der Waals surface area contributed by atoms with Crippen molar-refractivity contribution >= 4 is 17.2 Å². The highest BCUT2D eigenvalue weighted by molar-refractivity contribution is 7.13. The number of carbonyl (C=O) groups excluding carboxylic acids is 1. The van der Waals surface area contributed by atoms with E-state index in [2.05, 4.69) is 29.8 Å². The number of benzene rings is 1. The average Bonchev–Trinajstić information content (AvgIpc) is 3.17. The third-order valence-corrected chi connectivity index (χ3v) is 6.05. The predicted molar refractivity (Wildman–Crippen MR) is 115 cm³/mol. The molecule has 0 aliphatic carbocycles. The summed E-state index contributed by atoms with van der Waals surface area (Å²) >= 11 is 1.54. The molecular weight excluding hydrogens is 384 g/mol. The molecule has 1 aliphatic rings. The molecule has 1 aliphatic heterocycles. The quantitative estimate of drug-likeness (QED) is 0.697. The van der Waals surface area contributed by atoms with E-state index in [4.69, 9.17) is 4.74 Å². The smallest absolute Gasteiger partial charge is 0.228 e. The van der Waals surface area contributed by atoms with Gasteiger partial charge in [0, 0.05) is 31.6 Å². The summed E-state index contributed by atoms with van der Waals surface area (Å²) in [5, 5.41) is 12.2. The number of para-hydroxylation sites is 1. The van der Waals surface area contributed by atoms with Crippen LogP contribution >= 0.6 is 11.3 Å². The Morgan fingerprint density at radius 2 is 2.00 bits per heavy atom. The van der Waals surface area contributed by atoms with E-state index in [-0.39, 0.29) is 17.9 Å². The number of ether oxygens (including phenoxy) is 1. The molecule has 1 saturated heterocycles. The lowest BCUT2D eigenvalue weighted by molar-refractivity contribution is -0.132. The first-order chi connectivity index (χ1) is 14.0. The van der Waals surface area contributed by atoms with Crippen molar-refractivity contribution in [2.45, 2.75) is 33.2 Å². The molecule has 1 atom stereocenters. The molecule has 1 unspecified atom stereocenters. The number of rotatable bonds is 7. The normalized spacial score (nSPS) is 15.9. The van der Waals surface area contributed by atoms with E-state index in [1.54, 1.807) is 0 Å². The van der Waals surface area contributed by atoms with Gasteiger partial charge >= 0.3 is 0 Å². The van der Waals surface area contributed by atoms with Crippen LogP contribution < -0.4 is 4.74 Å². The Morgan fingerprint density at radius 3 is 2.66 bits per heavy atom. The van der Waals surface area contributed by atoms with Gasteiger partial charge in [-0.3, -0.25) is 9.69 Å². The molecule has 154 valence electrons. The monoisotopic (exact) mass is 412 g/mol. The summed E-state index contributed by atoms with van der Waals surface area (Å²) in [5.74, 6) is 1.20. The lowest BCUT2D eigenvalue weighted by Gasteiger charge is -2.38. The number of nitrogens with zero attached hydrogens (tertiary/aromatic N) is 4. The summed E-state index contributed by atoms with van der Waals surface area (Å²) < 4.78 is 5.70. The van der Waals surface area contributed by atoms with Crippen LogP contribution in [-0.2, 0) is 11.2 Å². The number of hydrogen-bond donors (Lipinski definition) is 0. The van der Waals surface area contributed by atoms with E-state index in [1.807, 2.05) is 41.5 Å². The van der Waals surface area contributed by atoms with Crippen LogP contribution in [0.5, 0.6) is 5.75 Å². The maximum absolute atomic E-state index is 12.7. The second-order valence-electron chi connectivity index (χ2n) is 7.48. The highest BCUT2D eigenvalue weighted by Gasteiger charge is 2.28. The number of nitriles is 1. The Balaban J connectivity index is 1.60. The number of piperazine rings is 1. The second-order valence-corrected chi connectivity index (χ2v) is 8.34. The van der Waals surface area contributed by atoms with E-state index in [9.17, 15) is 10.1 Å². The van der Waals surface area contributed by atoms with Gasteiger partial charge in [0.1, 0.15) is 16.8 Å². The minimum atomic E-state index is -0.0845. The number of thiazole rings is 1. The molecule has 1 fully saturated rings. The Morgan fingerprint density at radius 1 is 1.28 bits per heavy atom. The van der Waals surface area contributed by atoms with Crippen LogP contribution in [0.2, 0.25) is 0 Å². The lowest BCUT2D eigenvalue weighted by Crippen LogP contribution is -2.53. The Labute approximate surface area is 176 Å². The first kappa shape index (κ1) is 21.3. The van der Waals surface area contributed by atoms with Crippen LogP contribution in [0, 0.1) is 17.2 Å². The fourth-order valence-electron chi connectivity index (χ4n) is 3.61.